The number of carbonyl (C=O) groups excluding carboxylic acids is 2. The Morgan fingerprint density at radius 2 is 1.87 bits per heavy atom. The number of halogens is 2. The van der Waals surface area contributed by atoms with Crippen LogP contribution in [0, 0.1) is 5.82 Å². The fraction of sp³-hybridized carbons (Fsp3) is 0.143. The van der Waals surface area contributed by atoms with E-state index in [1.165, 1.54) is 24.4 Å². The maximum atomic E-state index is 13.2. The van der Waals surface area contributed by atoms with Gasteiger partial charge in [-0.05, 0) is 64.0 Å². The van der Waals surface area contributed by atoms with Crippen molar-refractivity contribution in [1.29, 1.82) is 0 Å². The predicted molar refractivity (Wildman–Crippen MR) is 111 cm³/mol. The summed E-state index contributed by atoms with van der Waals surface area (Å²) in [5.74, 6) is -0.650. The Morgan fingerprint density at radius 3 is 2.63 bits per heavy atom. The van der Waals surface area contributed by atoms with Crippen LogP contribution in [0.4, 0.5) is 4.39 Å². The molecule has 2 N–H and O–H groups in total. The fourth-order valence-electron chi connectivity index (χ4n) is 2.48. The van der Waals surface area contributed by atoms with E-state index < -0.39 is 11.7 Å². The molecule has 0 fully saturated rings. The number of nitrogens with zero attached hydrogens (tertiary/aromatic N) is 2. The number of hydrogen-bond acceptors (Lipinski definition) is 5. The van der Waals surface area contributed by atoms with Crippen molar-refractivity contribution in [1.82, 2.24) is 20.6 Å². The van der Waals surface area contributed by atoms with Gasteiger partial charge in [0.15, 0.2) is 0 Å². The number of benzene rings is 1. The molecule has 0 radical (unpaired) electrons. The standard InChI is InChI=1S/C21H18BrFN4O3/c22-17-12-15(23)3-4-18(17)30-21-16(2-1-8-26-21)20(29)25-11-7-19(28)27-13-14-5-9-24-10-6-14/h1-6,8-10,12H,7,11,13H2,(H,25,29)(H,27,28). The van der Waals surface area contributed by atoms with Crippen LogP contribution in [-0.2, 0) is 11.3 Å². The highest BCUT2D eigenvalue weighted by molar-refractivity contribution is 9.10. The largest absolute Gasteiger partial charge is 0.437 e. The maximum Gasteiger partial charge on any atom is 0.256 e. The second-order valence-corrected chi connectivity index (χ2v) is 7.03. The first-order chi connectivity index (χ1) is 14.5. The van der Waals surface area contributed by atoms with Crippen LogP contribution in [0.25, 0.3) is 0 Å². The number of carbonyl (C=O) groups is 2. The Kier molecular flexibility index (Phi) is 7.45. The molecule has 9 heteroatoms. The Balaban J connectivity index is 1.53. The van der Waals surface area contributed by atoms with Gasteiger partial charge in [-0.1, -0.05) is 0 Å². The van der Waals surface area contributed by atoms with Crippen LogP contribution in [0.15, 0.2) is 65.5 Å². The zero-order valence-corrected chi connectivity index (χ0v) is 17.4. The molecule has 154 valence electrons. The Labute approximate surface area is 180 Å². The van der Waals surface area contributed by atoms with Crippen LogP contribution in [0.5, 0.6) is 11.6 Å². The molecule has 0 aliphatic heterocycles. The van der Waals surface area contributed by atoms with E-state index in [0.29, 0.717) is 16.8 Å². The maximum absolute atomic E-state index is 13.2. The molecular weight excluding hydrogens is 455 g/mol. The molecule has 0 spiro atoms. The van der Waals surface area contributed by atoms with Gasteiger partial charge in [-0.25, -0.2) is 9.37 Å². The first-order valence-corrected chi connectivity index (χ1v) is 9.84. The second-order valence-electron chi connectivity index (χ2n) is 6.17. The van der Waals surface area contributed by atoms with Gasteiger partial charge in [0.05, 0.1) is 4.47 Å². The normalized spacial score (nSPS) is 10.3. The molecule has 0 aliphatic carbocycles. The van der Waals surface area contributed by atoms with Crippen LogP contribution < -0.4 is 15.4 Å². The number of amides is 2. The third-order valence-corrected chi connectivity index (χ3v) is 4.61. The van der Waals surface area contributed by atoms with Crippen molar-refractivity contribution < 1.29 is 18.7 Å². The number of hydrogen-bond donors (Lipinski definition) is 2. The van der Waals surface area contributed by atoms with Crippen molar-refractivity contribution in [2.24, 2.45) is 0 Å². The summed E-state index contributed by atoms with van der Waals surface area (Å²) < 4.78 is 19.3. The first-order valence-electron chi connectivity index (χ1n) is 9.04. The van der Waals surface area contributed by atoms with Crippen molar-refractivity contribution in [2.75, 3.05) is 6.54 Å². The number of nitrogens with one attached hydrogen (secondary N) is 2. The number of aromatic nitrogens is 2. The third kappa shape index (κ3) is 6.08. The first kappa shape index (κ1) is 21.4. The molecule has 0 saturated heterocycles. The minimum Gasteiger partial charge on any atom is -0.437 e. The van der Waals surface area contributed by atoms with Crippen molar-refractivity contribution in [3.05, 3.63) is 82.5 Å². The minimum atomic E-state index is -0.432. The average Bonchev–Trinajstić information content (AvgIpc) is 2.75. The molecule has 0 unspecified atom stereocenters. The number of ether oxygens (including phenoxy) is 1. The van der Waals surface area contributed by atoms with Gasteiger partial charge < -0.3 is 15.4 Å². The summed E-state index contributed by atoms with van der Waals surface area (Å²) >= 11 is 3.21. The van der Waals surface area contributed by atoms with E-state index in [1.807, 2.05) is 12.1 Å². The van der Waals surface area contributed by atoms with Crippen LogP contribution in [0.1, 0.15) is 22.3 Å². The Morgan fingerprint density at radius 1 is 1.07 bits per heavy atom. The summed E-state index contributed by atoms with van der Waals surface area (Å²) in [6.07, 6.45) is 4.91. The summed E-state index contributed by atoms with van der Waals surface area (Å²) in [6, 6.07) is 10.7. The topological polar surface area (TPSA) is 93.2 Å². The third-order valence-electron chi connectivity index (χ3n) is 3.99. The van der Waals surface area contributed by atoms with Crippen LogP contribution in [0.2, 0.25) is 0 Å². The SMILES string of the molecule is O=C(CCNC(=O)c1cccnc1Oc1ccc(F)cc1Br)NCc1ccncc1. The van der Waals surface area contributed by atoms with Crippen molar-refractivity contribution in [3.8, 4) is 11.6 Å². The molecule has 3 rings (SSSR count). The molecule has 0 saturated carbocycles. The summed E-state index contributed by atoms with van der Waals surface area (Å²) in [4.78, 5) is 32.5. The Bertz CT molecular complexity index is 1030. The molecular formula is C21H18BrFN4O3. The van der Waals surface area contributed by atoms with Gasteiger partial charge in [0.1, 0.15) is 17.1 Å². The minimum absolute atomic E-state index is 0.0736. The van der Waals surface area contributed by atoms with E-state index in [1.54, 1.807) is 24.5 Å². The quantitative estimate of drug-likeness (QED) is 0.522. The van der Waals surface area contributed by atoms with Crippen LogP contribution >= 0.6 is 15.9 Å². The number of pyridine rings is 2. The van der Waals surface area contributed by atoms with Crippen LogP contribution in [0.3, 0.4) is 0 Å². The lowest BCUT2D eigenvalue weighted by Gasteiger charge is -2.11. The van der Waals surface area contributed by atoms with E-state index in [4.69, 9.17) is 4.74 Å². The van der Waals surface area contributed by atoms with E-state index in [9.17, 15) is 14.0 Å². The van der Waals surface area contributed by atoms with E-state index in [-0.39, 0.29) is 30.3 Å². The van der Waals surface area contributed by atoms with Crippen molar-refractivity contribution >= 4 is 27.7 Å². The van der Waals surface area contributed by atoms with Gasteiger partial charge in [-0.15, -0.1) is 0 Å². The zero-order valence-electron chi connectivity index (χ0n) is 15.8. The van der Waals surface area contributed by atoms with Gasteiger partial charge >= 0.3 is 0 Å². The van der Waals surface area contributed by atoms with Gasteiger partial charge in [-0.3, -0.25) is 14.6 Å². The zero-order chi connectivity index (χ0) is 21.3. The van der Waals surface area contributed by atoms with Gasteiger partial charge in [0, 0.05) is 38.1 Å². The average molecular weight is 473 g/mol. The predicted octanol–water partition coefficient (Wildman–Crippen LogP) is 3.61. The van der Waals surface area contributed by atoms with Gasteiger partial charge in [0.25, 0.3) is 5.91 Å². The molecule has 0 aliphatic rings. The van der Waals surface area contributed by atoms with Crippen molar-refractivity contribution in [3.63, 3.8) is 0 Å². The van der Waals surface area contributed by atoms with Crippen LogP contribution in [-0.4, -0.2) is 28.3 Å². The molecule has 7 nitrogen and oxygen atoms in total. The lowest BCUT2D eigenvalue weighted by molar-refractivity contribution is -0.121. The smallest absolute Gasteiger partial charge is 0.256 e. The fourth-order valence-corrected chi connectivity index (χ4v) is 2.91. The van der Waals surface area contributed by atoms with Gasteiger partial charge in [0.2, 0.25) is 11.8 Å². The van der Waals surface area contributed by atoms with E-state index in [2.05, 4.69) is 36.5 Å². The highest BCUT2D eigenvalue weighted by Crippen LogP contribution is 2.30. The summed E-state index contributed by atoms with van der Waals surface area (Å²) in [5.41, 5.74) is 1.14. The monoisotopic (exact) mass is 472 g/mol. The number of rotatable bonds is 8. The lowest BCUT2D eigenvalue weighted by Crippen LogP contribution is -2.30. The second kappa shape index (κ2) is 10.4. The highest BCUT2D eigenvalue weighted by atomic mass is 79.9. The molecule has 1 aromatic carbocycles. The summed E-state index contributed by atoms with van der Waals surface area (Å²) in [6.45, 7) is 0.540. The molecule has 0 atom stereocenters. The molecule has 2 heterocycles. The molecule has 2 amide bonds. The summed E-state index contributed by atoms with van der Waals surface area (Å²) in [5, 5.41) is 5.45. The molecule has 30 heavy (non-hydrogen) atoms. The molecule has 3 aromatic rings. The highest BCUT2D eigenvalue weighted by Gasteiger charge is 2.15. The van der Waals surface area contributed by atoms with Gasteiger partial charge in [-0.2, -0.15) is 0 Å². The van der Waals surface area contributed by atoms with E-state index in [0.717, 1.165) is 5.56 Å². The van der Waals surface area contributed by atoms with Crippen molar-refractivity contribution in [2.45, 2.75) is 13.0 Å². The summed E-state index contributed by atoms with van der Waals surface area (Å²) in [7, 11) is 0. The Hall–Kier alpha value is -3.33. The lowest BCUT2D eigenvalue weighted by atomic mass is 10.2. The molecule has 0 bridgehead atoms. The van der Waals surface area contributed by atoms with E-state index >= 15 is 0 Å². The molecule has 2 aromatic heterocycles.